The maximum atomic E-state index is 5.84. The summed E-state index contributed by atoms with van der Waals surface area (Å²) in [5.41, 5.74) is 2.09. The summed E-state index contributed by atoms with van der Waals surface area (Å²) in [6.07, 6.45) is 7.27. The van der Waals surface area contributed by atoms with Gasteiger partial charge in [0.1, 0.15) is 12.3 Å². The Bertz CT molecular complexity index is 384. The van der Waals surface area contributed by atoms with E-state index in [1.807, 2.05) is 0 Å². The first-order valence-corrected chi connectivity index (χ1v) is 8.74. The van der Waals surface area contributed by atoms with Crippen LogP contribution in [0.2, 0.25) is 0 Å². The summed E-state index contributed by atoms with van der Waals surface area (Å²) >= 11 is 0. The molecule has 0 aromatic carbocycles. The van der Waals surface area contributed by atoms with Gasteiger partial charge in [0.25, 0.3) is 0 Å². The average Bonchev–Trinajstić information content (AvgIpc) is 3.17. The third kappa shape index (κ3) is 3.52. The van der Waals surface area contributed by atoms with E-state index in [1.165, 1.54) is 57.6 Å². The zero-order chi connectivity index (χ0) is 15.0. The van der Waals surface area contributed by atoms with Crippen molar-refractivity contribution in [2.45, 2.75) is 59.3 Å². The molecule has 2 unspecified atom stereocenters. The number of hydrogen-bond donors (Lipinski definition) is 0. The van der Waals surface area contributed by atoms with Crippen molar-refractivity contribution in [2.75, 3.05) is 32.7 Å². The van der Waals surface area contributed by atoms with Crippen LogP contribution < -0.4 is 0 Å². The highest BCUT2D eigenvalue weighted by atomic mass is 16.6. The van der Waals surface area contributed by atoms with Crippen LogP contribution in [0.3, 0.4) is 0 Å². The van der Waals surface area contributed by atoms with Crippen molar-refractivity contribution in [1.82, 2.24) is 9.80 Å². The fourth-order valence-electron chi connectivity index (χ4n) is 4.06. The van der Waals surface area contributed by atoms with Crippen LogP contribution in [0.1, 0.15) is 47.0 Å². The molecule has 3 rings (SSSR count). The molecule has 3 heterocycles. The first kappa shape index (κ1) is 15.5. The molecular formula is C18H32N2O. The average molecular weight is 292 g/mol. The first-order valence-electron chi connectivity index (χ1n) is 8.74. The van der Waals surface area contributed by atoms with Gasteiger partial charge in [0.2, 0.25) is 0 Å². The van der Waals surface area contributed by atoms with Crippen molar-refractivity contribution < 1.29 is 4.74 Å². The molecule has 0 saturated carbocycles. The zero-order valence-electron chi connectivity index (χ0n) is 14.3. The largest absolute Gasteiger partial charge is 0.353 e. The number of epoxide rings is 1. The molecule has 0 bridgehead atoms. The summed E-state index contributed by atoms with van der Waals surface area (Å²) in [7, 11) is 0. The predicted molar refractivity (Wildman–Crippen MR) is 87.2 cm³/mol. The predicted octanol–water partition coefficient (Wildman–Crippen LogP) is 3.12. The SMILES string of the molecule is CC(C)=CCCN1CC2(CCN(C3OC3C(C)C)CC2)C1. The molecular weight excluding hydrogens is 260 g/mol. The fraction of sp³-hybridized carbons (Fsp3) is 0.889. The number of rotatable bonds is 5. The summed E-state index contributed by atoms with van der Waals surface area (Å²) in [6.45, 7) is 15.3. The quantitative estimate of drug-likeness (QED) is 0.573. The van der Waals surface area contributed by atoms with E-state index >= 15 is 0 Å². The highest BCUT2D eigenvalue weighted by Gasteiger charge is 2.50. The van der Waals surface area contributed by atoms with Crippen LogP contribution >= 0.6 is 0 Å². The van der Waals surface area contributed by atoms with Gasteiger partial charge in [0.05, 0.1) is 0 Å². The van der Waals surface area contributed by atoms with Crippen LogP contribution in [-0.4, -0.2) is 54.9 Å². The van der Waals surface area contributed by atoms with E-state index in [9.17, 15) is 0 Å². The van der Waals surface area contributed by atoms with Gasteiger partial charge >= 0.3 is 0 Å². The molecule has 3 heteroatoms. The lowest BCUT2D eigenvalue weighted by Gasteiger charge is -2.54. The van der Waals surface area contributed by atoms with E-state index in [4.69, 9.17) is 4.74 Å². The second-order valence-corrected chi connectivity index (χ2v) is 8.05. The van der Waals surface area contributed by atoms with Gasteiger partial charge in [0, 0.05) is 32.7 Å². The lowest BCUT2D eigenvalue weighted by molar-refractivity contribution is -0.0524. The third-order valence-electron chi connectivity index (χ3n) is 5.49. The van der Waals surface area contributed by atoms with Gasteiger partial charge < -0.3 is 9.64 Å². The molecule has 0 aromatic rings. The maximum absolute atomic E-state index is 5.84. The summed E-state index contributed by atoms with van der Waals surface area (Å²) in [4.78, 5) is 5.22. The molecule has 0 radical (unpaired) electrons. The molecule has 0 aromatic heterocycles. The number of hydrogen-bond acceptors (Lipinski definition) is 3. The lowest BCUT2D eigenvalue weighted by Crippen LogP contribution is -2.60. The second kappa shape index (κ2) is 6.02. The molecule has 2 atom stereocenters. The van der Waals surface area contributed by atoms with E-state index in [2.05, 4.69) is 43.6 Å². The van der Waals surface area contributed by atoms with E-state index in [-0.39, 0.29) is 0 Å². The smallest absolute Gasteiger partial charge is 0.138 e. The van der Waals surface area contributed by atoms with E-state index in [1.54, 1.807) is 0 Å². The van der Waals surface area contributed by atoms with Crippen molar-refractivity contribution in [3.63, 3.8) is 0 Å². The maximum Gasteiger partial charge on any atom is 0.138 e. The Morgan fingerprint density at radius 1 is 1.24 bits per heavy atom. The standard InChI is InChI=1S/C18H32N2O/c1-14(2)6-5-9-19-12-18(13-19)7-10-20(11-8-18)17-16(21-17)15(3)4/h6,15-17H,5,7-13H2,1-4H3. The first-order chi connectivity index (χ1) is 9.99. The Hall–Kier alpha value is -0.380. The monoisotopic (exact) mass is 292 g/mol. The van der Waals surface area contributed by atoms with Gasteiger partial charge in [-0.1, -0.05) is 25.5 Å². The molecule has 3 aliphatic rings. The second-order valence-electron chi connectivity index (χ2n) is 8.05. The summed E-state index contributed by atoms with van der Waals surface area (Å²) in [5, 5.41) is 0. The van der Waals surface area contributed by atoms with Crippen LogP contribution in [0.25, 0.3) is 0 Å². The van der Waals surface area contributed by atoms with Crippen LogP contribution in [0.5, 0.6) is 0 Å². The molecule has 3 saturated heterocycles. The minimum Gasteiger partial charge on any atom is -0.353 e. The van der Waals surface area contributed by atoms with Gasteiger partial charge in [0.15, 0.2) is 0 Å². The summed E-state index contributed by atoms with van der Waals surface area (Å²) < 4.78 is 5.84. The van der Waals surface area contributed by atoms with Crippen molar-refractivity contribution in [3.8, 4) is 0 Å². The van der Waals surface area contributed by atoms with Crippen LogP contribution in [0.15, 0.2) is 11.6 Å². The number of piperidine rings is 1. The zero-order valence-corrected chi connectivity index (χ0v) is 14.3. The Labute approximate surface area is 130 Å². The Morgan fingerprint density at radius 3 is 2.43 bits per heavy atom. The van der Waals surface area contributed by atoms with Crippen LogP contribution in [0.4, 0.5) is 0 Å². The number of nitrogens with zero attached hydrogens (tertiary/aromatic N) is 2. The van der Waals surface area contributed by atoms with E-state index in [0.29, 0.717) is 23.7 Å². The highest BCUT2D eigenvalue weighted by molar-refractivity contribution is 5.01. The molecule has 3 nitrogen and oxygen atoms in total. The normalized spacial score (nSPS) is 32.2. The summed E-state index contributed by atoms with van der Waals surface area (Å²) in [5.74, 6) is 0.667. The van der Waals surface area contributed by atoms with Gasteiger partial charge in [-0.3, -0.25) is 4.90 Å². The van der Waals surface area contributed by atoms with Gasteiger partial charge in [-0.15, -0.1) is 0 Å². The fourth-order valence-corrected chi connectivity index (χ4v) is 4.06. The number of ether oxygens (including phenoxy) is 1. The molecule has 1 spiro atoms. The third-order valence-corrected chi connectivity index (χ3v) is 5.49. The Morgan fingerprint density at radius 2 is 1.90 bits per heavy atom. The summed E-state index contributed by atoms with van der Waals surface area (Å²) in [6, 6.07) is 0. The molecule has 0 aliphatic carbocycles. The highest BCUT2D eigenvalue weighted by Crippen LogP contribution is 2.43. The van der Waals surface area contributed by atoms with Crippen LogP contribution in [0, 0.1) is 11.3 Å². The van der Waals surface area contributed by atoms with Crippen molar-refractivity contribution in [2.24, 2.45) is 11.3 Å². The molecule has 0 N–H and O–H groups in total. The Kier molecular flexibility index (Phi) is 4.45. The minimum atomic E-state index is 0.441. The van der Waals surface area contributed by atoms with Crippen molar-refractivity contribution in [1.29, 1.82) is 0 Å². The van der Waals surface area contributed by atoms with E-state index in [0.717, 1.165) is 0 Å². The van der Waals surface area contributed by atoms with Gasteiger partial charge in [-0.2, -0.15) is 0 Å². The number of allylic oxidation sites excluding steroid dienone is 1. The van der Waals surface area contributed by atoms with Crippen molar-refractivity contribution >= 4 is 0 Å². The number of likely N-dealkylation sites (tertiary alicyclic amines) is 2. The lowest BCUT2D eigenvalue weighted by atomic mass is 9.72. The van der Waals surface area contributed by atoms with Crippen molar-refractivity contribution in [3.05, 3.63) is 11.6 Å². The Balaban J connectivity index is 1.37. The molecule has 0 amide bonds. The molecule has 120 valence electrons. The molecule has 21 heavy (non-hydrogen) atoms. The molecule has 3 aliphatic heterocycles. The van der Waals surface area contributed by atoms with Gasteiger partial charge in [-0.05, 0) is 44.4 Å². The molecule has 3 fully saturated rings. The topological polar surface area (TPSA) is 19.0 Å². The van der Waals surface area contributed by atoms with Gasteiger partial charge in [-0.25, -0.2) is 0 Å². The van der Waals surface area contributed by atoms with E-state index < -0.39 is 0 Å². The minimum absolute atomic E-state index is 0.441. The van der Waals surface area contributed by atoms with Crippen LogP contribution in [-0.2, 0) is 4.74 Å².